The third-order valence-corrected chi connectivity index (χ3v) is 16.9. The van der Waals surface area contributed by atoms with Crippen molar-refractivity contribution in [3.05, 3.63) is 209 Å². The largest absolute Gasteiger partial charge is 2.00 e. The summed E-state index contributed by atoms with van der Waals surface area (Å²) in [5.74, 6) is 2.09. The van der Waals surface area contributed by atoms with Crippen LogP contribution in [0.25, 0.3) is 32.7 Å². The number of benzene rings is 8. The fraction of sp³-hybridized carbons (Fsp3) is 0.207. The molecule has 0 heterocycles. The first-order chi connectivity index (χ1) is 28.7. The van der Waals surface area contributed by atoms with E-state index < -0.39 is 15.8 Å². The predicted octanol–water partition coefficient (Wildman–Crippen LogP) is 14.5. The molecule has 2 saturated carbocycles. The Morgan fingerprint density at radius 3 is 0.852 bits per heavy atom. The van der Waals surface area contributed by atoms with Crippen LogP contribution in [-0.4, -0.2) is 0 Å². The molecule has 8 aromatic rings. The summed E-state index contributed by atoms with van der Waals surface area (Å²) in [4.78, 5) is 0. The van der Waals surface area contributed by atoms with Gasteiger partial charge in [0.1, 0.15) is 0 Å². The molecule has 61 heavy (non-hydrogen) atoms. The van der Waals surface area contributed by atoms with Crippen LogP contribution in [0.4, 0.5) is 0 Å². The summed E-state index contributed by atoms with van der Waals surface area (Å²) in [6.45, 7) is 4.68. The standard InChI is InChI=1S/C44H32P2.2C6H12.2CH3.Fe/c1-5-19-35(20-6-1)45(36-21-7-2-8-22-36)41-31-29-33-17-13-15-27-39(33)43(41)44-40-28-16-14-18-34(40)30-32-42(44)46(37-23-9-3-10-24-37)38-25-11-4-12-26-38;2*1-6-4-2-3-5-6;;;/h1-32H;2*6H,2-5H2,1H3;2*1H3;/q;;;2*-1;+2. The van der Waals surface area contributed by atoms with Crippen molar-refractivity contribution in [3.8, 4) is 11.1 Å². The molecular weight excluding hydrogens is 814 g/mol. The Bertz CT molecular complexity index is 2230. The summed E-state index contributed by atoms with van der Waals surface area (Å²) in [7, 11) is -1.70. The predicted molar refractivity (Wildman–Crippen MR) is 272 cm³/mol. The van der Waals surface area contributed by atoms with Crippen LogP contribution >= 0.6 is 15.8 Å². The Kier molecular flexibility index (Phi) is 18.6. The van der Waals surface area contributed by atoms with E-state index >= 15 is 0 Å². The van der Waals surface area contributed by atoms with Crippen molar-refractivity contribution in [1.82, 2.24) is 0 Å². The third kappa shape index (κ3) is 11.6. The number of hydrogen-bond acceptors (Lipinski definition) is 0. The van der Waals surface area contributed by atoms with Crippen LogP contribution in [0.5, 0.6) is 0 Å². The van der Waals surface area contributed by atoms with Gasteiger partial charge in [-0.1, -0.05) is 259 Å². The first-order valence-electron chi connectivity index (χ1n) is 21.5. The van der Waals surface area contributed by atoms with E-state index in [0.29, 0.717) is 0 Å². The molecule has 312 valence electrons. The van der Waals surface area contributed by atoms with Crippen molar-refractivity contribution in [3.63, 3.8) is 0 Å². The number of fused-ring (bicyclic) bond motifs is 2. The van der Waals surface area contributed by atoms with Gasteiger partial charge in [-0.15, -0.1) is 0 Å². The molecule has 0 N–H and O–H groups in total. The van der Waals surface area contributed by atoms with Gasteiger partial charge >= 0.3 is 17.1 Å². The summed E-state index contributed by atoms with van der Waals surface area (Å²) in [6.07, 6.45) is 11.9. The maximum absolute atomic E-state index is 2.42. The Morgan fingerprint density at radius 1 is 0.328 bits per heavy atom. The molecule has 0 radical (unpaired) electrons. The van der Waals surface area contributed by atoms with Gasteiger partial charge in [-0.3, -0.25) is 0 Å². The minimum atomic E-state index is -0.852. The van der Waals surface area contributed by atoms with Crippen LogP contribution in [0.1, 0.15) is 65.2 Å². The first kappa shape index (κ1) is 47.7. The average Bonchev–Trinajstić information content (AvgIpc) is 3.99. The summed E-state index contributed by atoms with van der Waals surface area (Å²) < 4.78 is 0. The molecule has 0 saturated heterocycles. The van der Waals surface area contributed by atoms with Crippen molar-refractivity contribution in [2.45, 2.75) is 65.2 Å². The number of rotatable bonds is 7. The van der Waals surface area contributed by atoms with Crippen LogP contribution < -0.4 is 31.8 Å². The van der Waals surface area contributed by atoms with Gasteiger partial charge in [-0.05, 0) is 92.2 Å². The Hall–Kier alpha value is -4.34. The molecule has 0 atom stereocenters. The quantitative estimate of drug-likeness (QED) is 0.0850. The molecule has 0 unspecified atom stereocenters. The van der Waals surface area contributed by atoms with Crippen LogP contribution in [-0.2, 0) is 17.1 Å². The van der Waals surface area contributed by atoms with Gasteiger partial charge in [-0.25, -0.2) is 0 Å². The summed E-state index contributed by atoms with van der Waals surface area (Å²) in [5, 5.41) is 13.3. The second kappa shape index (κ2) is 23.8. The monoisotopic (exact) mass is 876 g/mol. The van der Waals surface area contributed by atoms with Crippen molar-refractivity contribution in [2.24, 2.45) is 11.8 Å². The summed E-state index contributed by atoms with van der Waals surface area (Å²) >= 11 is 0. The molecule has 0 nitrogen and oxygen atoms in total. The maximum Gasteiger partial charge on any atom is 2.00 e. The van der Waals surface area contributed by atoms with Gasteiger partial charge in [0.15, 0.2) is 0 Å². The fourth-order valence-corrected chi connectivity index (χ4v) is 13.8. The van der Waals surface area contributed by atoms with E-state index in [2.05, 4.69) is 208 Å². The summed E-state index contributed by atoms with van der Waals surface area (Å²) in [5.41, 5.74) is 2.70. The van der Waals surface area contributed by atoms with Crippen LogP contribution in [0, 0.1) is 26.7 Å². The van der Waals surface area contributed by atoms with Gasteiger partial charge in [-0.2, -0.15) is 0 Å². The maximum atomic E-state index is 2.42. The Labute approximate surface area is 381 Å². The van der Waals surface area contributed by atoms with E-state index in [-0.39, 0.29) is 31.9 Å². The number of hydrogen-bond donors (Lipinski definition) is 0. The molecule has 2 fully saturated rings. The second-order valence-corrected chi connectivity index (χ2v) is 20.5. The third-order valence-electron chi connectivity index (χ3n) is 11.9. The summed E-state index contributed by atoms with van der Waals surface area (Å²) in [6, 6.07) is 71.8. The fourth-order valence-electron chi connectivity index (χ4n) is 8.84. The van der Waals surface area contributed by atoms with Gasteiger partial charge < -0.3 is 14.9 Å². The average molecular weight is 877 g/mol. The van der Waals surface area contributed by atoms with Gasteiger partial charge in [0.25, 0.3) is 0 Å². The van der Waals surface area contributed by atoms with E-state index in [0.717, 1.165) is 11.8 Å². The molecular formula is C58H62FeP2. The van der Waals surface area contributed by atoms with E-state index in [4.69, 9.17) is 0 Å². The van der Waals surface area contributed by atoms with Gasteiger partial charge in [0, 0.05) is 0 Å². The molecule has 0 aromatic heterocycles. The van der Waals surface area contributed by atoms with Crippen LogP contribution in [0.15, 0.2) is 194 Å². The minimum absolute atomic E-state index is 0. The van der Waals surface area contributed by atoms with Crippen molar-refractivity contribution >= 4 is 69.2 Å². The van der Waals surface area contributed by atoms with Crippen molar-refractivity contribution in [2.75, 3.05) is 0 Å². The van der Waals surface area contributed by atoms with Crippen LogP contribution in [0.2, 0.25) is 0 Å². The van der Waals surface area contributed by atoms with Crippen molar-refractivity contribution < 1.29 is 17.1 Å². The molecule has 3 heteroatoms. The second-order valence-electron chi connectivity index (χ2n) is 16.2. The minimum Gasteiger partial charge on any atom is -0.358 e. The molecule has 0 aliphatic heterocycles. The normalized spacial score (nSPS) is 13.6. The smallest absolute Gasteiger partial charge is 0.358 e. The Morgan fingerprint density at radius 2 is 0.590 bits per heavy atom. The topological polar surface area (TPSA) is 0 Å². The molecule has 10 rings (SSSR count). The zero-order chi connectivity index (χ0) is 39.5. The molecule has 0 spiro atoms. The first-order valence-corrected chi connectivity index (χ1v) is 24.2. The Balaban J connectivity index is 0.000000406. The molecule has 8 aromatic carbocycles. The van der Waals surface area contributed by atoms with E-state index in [9.17, 15) is 0 Å². The molecule has 0 bridgehead atoms. The molecule has 2 aliphatic rings. The molecule has 0 amide bonds. The van der Waals surface area contributed by atoms with E-state index in [1.807, 2.05) is 0 Å². The van der Waals surface area contributed by atoms with E-state index in [1.54, 1.807) is 0 Å². The van der Waals surface area contributed by atoms with Crippen molar-refractivity contribution in [1.29, 1.82) is 0 Å². The zero-order valence-electron chi connectivity index (χ0n) is 36.5. The van der Waals surface area contributed by atoms with Gasteiger partial charge in [0.05, 0.1) is 0 Å². The van der Waals surface area contributed by atoms with E-state index in [1.165, 1.54) is 116 Å². The van der Waals surface area contributed by atoms with Gasteiger partial charge in [0.2, 0.25) is 0 Å². The zero-order valence-corrected chi connectivity index (χ0v) is 39.4. The SMILES string of the molecule is CC1CCCC1.CC1CCCC1.[CH3-].[CH3-].[Fe+2].c1ccc(P(c2ccccc2)c2ccc3ccccc3c2-c2c(P(c3ccccc3)c3ccccc3)ccc3ccccc23)cc1. The van der Waals surface area contributed by atoms with Crippen LogP contribution in [0.3, 0.4) is 0 Å². The molecule has 2 aliphatic carbocycles.